The van der Waals surface area contributed by atoms with Crippen LogP contribution in [0.4, 0.5) is 0 Å². The molecule has 1 rings (SSSR count). The maximum atomic E-state index is 11.8. The molecule has 1 aliphatic rings. The van der Waals surface area contributed by atoms with Gasteiger partial charge < -0.3 is 15.1 Å². The highest BCUT2D eigenvalue weighted by Crippen LogP contribution is 2.13. The first-order chi connectivity index (χ1) is 7.50. The number of rotatable bonds is 4. The molecule has 4 heteroatoms. The first kappa shape index (κ1) is 13.5. The first-order valence-electron chi connectivity index (χ1n) is 6.18. The molecule has 1 saturated heterocycles. The van der Waals surface area contributed by atoms with E-state index in [0.29, 0.717) is 18.6 Å². The SMILES string of the molecule is CC(C)NCC(=O)N1CCC(N(C)C)CC1. The van der Waals surface area contributed by atoms with Crippen molar-refractivity contribution in [3.8, 4) is 0 Å². The lowest BCUT2D eigenvalue weighted by atomic mass is 10.0. The van der Waals surface area contributed by atoms with Gasteiger partial charge in [0.2, 0.25) is 5.91 Å². The Hall–Kier alpha value is -0.610. The molecule has 0 aromatic heterocycles. The van der Waals surface area contributed by atoms with Crippen molar-refractivity contribution in [2.75, 3.05) is 33.7 Å². The van der Waals surface area contributed by atoms with Crippen molar-refractivity contribution in [1.29, 1.82) is 0 Å². The van der Waals surface area contributed by atoms with E-state index < -0.39 is 0 Å². The van der Waals surface area contributed by atoms with Gasteiger partial charge in [-0.2, -0.15) is 0 Å². The van der Waals surface area contributed by atoms with E-state index in [1.54, 1.807) is 0 Å². The van der Waals surface area contributed by atoms with Crippen molar-refractivity contribution in [2.24, 2.45) is 0 Å². The Morgan fingerprint density at radius 3 is 2.38 bits per heavy atom. The summed E-state index contributed by atoms with van der Waals surface area (Å²) in [5.74, 6) is 0.242. The topological polar surface area (TPSA) is 35.6 Å². The first-order valence-corrected chi connectivity index (χ1v) is 6.18. The van der Waals surface area contributed by atoms with Crippen LogP contribution in [0.1, 0.15) is 26.7 Å². The predicted octanol–water partition coefficient (Wildman–Crippen LogP) is 0.537. The molecular formula is C12H25N3O. The van der Waals surface area contributed by atoms with Crippen molar-refractivity contribution in [3.05, 3.63) is 0 Å². The third-order valence-corrected chi connectivity index (χ3v) is 3.21. The fraction of sp³-hybridized carbons (Fsp3) is 0.917. The van der Waals surface area contributed by atoms with Crippen molar-refractivity contribution in [2.45, 2.75) is 38.8 Å². The Balaban J connectivity index is 2.27. The molecule has 16 heavy (non-hydrogen) atoms. The molecule has 0 saturated carbocycles. The molecule has 94 valence electrons. The minimum absolute atomic E-state index is 0.242. The average Bonchev–Trinajstić information content (AvgIpc) is 2.26. The van der Waals surface area contributed by atoms with Crippen LogP contribution in [0.3, 0.4) is 0 Å². The Kier molecular flexibility index (Phi) is 5.22. The zero-order valence-electron chi connectivity index (χ0n) is 11.0. The van der Waals surface area contributed by atoms with Crippen LogP contribution in [0.2, 0.25) is 0 Å². The molecule has 0 atom stereocenters. The van der Waals surface area contributed by atoms with E-state index >= 15 is 0 Å². The summed E-state index contributed by atoms with van der Waals surface area (Å²) in [4.78, 5) is 16.1. The molecule has 1 fully saturated rings. The largest absolute Gasteiger partial charge is 0.341 e. The molecule has 1 heterocycles. The van der Waals surface area contributed by atoms with Crippen molar-refractivity contribution in [3.63, 3.8) is 0 Å². The van der Waals surface area contributed by atoms with E-state index in [2.05, 4.69) is 38.2 Å². The molecule has 0 spiro atoms. The summed E-state index contributed by atoms with van der Waals surface area (Å²) in [6.45, 7) is 6.41. The number of nitrogens with zero attached hydrogens (tertiary/aromatic N) is 2. The summed E-state index contributed by atoms with van der Waals surface area (Å²) in [5.41, 5.74) is 0. The van der Waals surface area contributed by atoms with Gasteiger partial charge in [0.15, 0.2) is 0 Å². The number of carbonyl (C=O) groups is 1. The molecule has 0 aliphatic carbocycles. The Morgan fingerprint density at radius 2 is 1.94 bits per heavy atom. The molecule has 4 nitrogen and oxygen atoms in total. The van der Waals surface area contributed by atoms with E-state index in [9.17, 15) is 4.79 Å². The maximum absolute atomic E-state index is 11.8. The summed E-state index contributed by atoms with van der Waals surface area (Å²) in [6.07, 6.45) is 2.20. The van der Waals surface area contributed by atoms with E-state index in [-0.39, 0.29) is 5.91 Å². The van der Waals surface area contributed by atoms with Crippen molar-refractivity contribution >= 4 is 5.91 Å². The van der Waals surface area contributed by atoms with Crippen LogP contribution in [-0.2, 0) is 4.79 Å². The normalized spacial score (nSPS) is 18.5. The van der Waals surface area contributed by atoms with Gasteiger partial charge in [-0.25, -0.2) is 0 Å². The predicted molar refractivity (Wildman–Crippen MR) is 66.4 cm³/mol. The van der Waals surface area contributed by atoms with Crippen LogP contribution in [0.25, 0.3) is 0 Å². The number of nitrogens with one attached hydrogen (secondary N) is 1. The highest BCUT2D eigenvalue weighted by atomic mass is 16.2. The van der Waals surface area contributed by atoms with Crippen LogP contribution in [0, 0.1) is 0 Å². The Bertz CT molecular complexity index is 220. The van der Waals surface area contributed by atoms with Crippen LogP contribution >= 0.6 is 0 Å². The number of hydrogen-bond acceptors (Lipinski definition) is 3. The molecule has 0 aromatic rings. The van der Waals surface area contributed by atoms with Gasteiger partial charge in [0.1, 0.15) is 0 Å². The summed E-state index contributed by atoms with van der Waals surface area (Å²) in [6, 6.07) is 1.02. The molecule has 1 N–H and O–H groups in total. The van der Waals surface area contributed by atoms with Gasteiger partial charge in [-0.15, -0.1) is 0 Å². The summed E-state index contributed by atoms with van der Waals surface area (Å²) >= 11 is 0. The molecular weight excluding hydrogens is 202 g/mol. The minimum atomic E-state index is 0.242. The molecule has 1 aliphatic heterocycles. The molecule has 0 aromatic carbocycles. The van der Waals surface area contributed by atoms with Gasteiger partial charge in [-0.1, -0.05) is 13.8 Å². The van der Waals surface area contributed by atoms with Gasteiger partial charge in [-0.05, 0) is 26.9 Å². The lowest BCUT2D eigenvalue weighted by molar-refractivity contribution is -0.131. The molecule has 0 radical (unpaired) electrons. The van der Waals surface area contributed by atoms with Crippen LogP contribution in [-0.4, -0.2) is 61.5 Å². The molecule has 0 unspecified atom stereocenters. The zero-order chi connectivity index (χ0) is 12.1. The number of likely N-dealkylation sites (tertiary alicyclic amines) is 1. The number of piperidine rings is 1. The van der Waals surface area contributed by atoms with E-state index in [0.717, 1.165) is 25.9 Å². The number of amides is 1. The fourth-order valence-corrected chi connectivity index (χ4v) is 2.03. The van der Waals surface area contributed by atoms with E-state index in [1.165, 1.54) is 0 Å². The lowest BCUT2D eigenvalue weighted by Crippen LogP contribution is -2.47. The third kappa shape index (κ3) is 4.10. The third-order valence-electron chi connectivity index (χ3n) is 3.21. The van der Waals surface area contributed by atoms with E-state index in [1.807, 2.05) is 4.90 Å². The second-order valence-electron chi connectivity index (χ2n) is 5.11. The van der Waals surface area contributed by atoms with Gasteiger partial charge in [0.25, 0.3) is 0 Å². The number of hydrogen-bond donors (Lipinski definition) is 1. The highest BCUT2D eigenvalue weighted by molar-refractivity contribution is 5.78. The second kappa shape index (κ2) is 6.21. The average molecular weight is 227 g/mol. The van der Waals surface area contributed by atoms with Gasteiger partial charge in [0.05, 0.1) is 6.54 Å². The van der Waals surface area contributed by atoms with Crippen LogP contribution in [0.5, 0.6) is 0 Å². The van der Waals surface area contributed by atoms with Crippen LogP contribution in [0.15, 0.2) is 0 Å². The molecule has 1 amide bonds. The lowest BCUT2D eigenvalue weighted by Gasteiger charge is -2.35. The smallest absolute Gasteiger partial charge is 0.236 e. The standard InChI is InChI=1S/C12H25N3O/c1-10(2)13-9-12(16)15-7-5-11(6-8-15)14(3)4/h10-11,13H,5-9H2,1-4H3. The van der Waals surface area contributed by atoms with Gasteiger partial charge >= 0.3 is 0 Å². The zero-order valence-corrected chi connectivity index (χ0v) is 11.0. The van der Waals surface area contributed by atoms with Crippen molar-refractivity contribution < 1.29 is 4.79 Å². The Morgan fingerprint density at radius 1 is 1.38 bits per heavy atom. The monoisotopic (exact) mass is 227 g/mol. The van der Waals surface area contributed by atoms with Crippen molar-refractivity contribution in [1.82, 2.24) is 15.1 Å². The Labute approximate surface area is 99.0 Å². The number of carbonyl (C=O) groups excluding carboxylic acids is 1. The van der Waals surface area contributed by atoms with E-state index in [4.69, 9.17) is 0 Å². The highest BCUT2D eigenvalue weighted by Gasteiger charge is 2.23. The quantitative estimate of drug-likeness (QED) is 0.761. The molecule has 0 bridgehead atoms. The summed E-state index contributed by atoms with van der Waals surface area (Å²) in [7, 11) is 4.23. The van der Waals surface area contributed by atoms with Gasteiger partial charge in [-0.3, -0.25) is 4.79 Å². The van der Waals surface area contributed by atoms with Crippen LogP contribution < -0.4 is 5.32 Å². The maximum Gasteiger partial charge on any atom is 0.236 e. The fourth-order valence-electron chi connectivity index (χ4n) is 2.03. The van der Waals surface area contributed by atoms with Gasteiger partial charge in [0, 0.05) is 25.2 Å². The summed E-state index contributed by atoms with van der Waals surface area (Å²) < 4.78 is 0. The minimum Gasteiger partial charge on any atom is -0.341 e. The second-order valence-corrected chi connectivity index (χ2v) is 5.11. The summed E-state index contributed by atoms with van der Waals surface area (Å²) in [5, 5.41) is 3.17.